The molecule has 5 heteroatoms. The number of sulfone groups is 1. The number of hydrogen-bond donors (Lipinski definition) is 1. The van der Waals surface area contributed by atoms with Gasteiger partial charge in [0.25, 0.3) is 0 Å². The van der Waals surface area contributed by atoms with Crippen LogP contribution >= 0.6 is 0 Å². The smallest absolute Gasteiger partial charge is 0.210 e. The van der Waals surface area contributed by atoms with Crippen molar-refractivity contribution in [3.8, 4) is 17.2 Å². The van der Waals surface area contributed by atoms with Crippen molar-refractivity contribution in [1.29, 1.82) is 0 Å². The molecule has 0 heterocycles. The lowest BCUT2D eigenvalue weighted by Gasteiger charge is -2.17. The summed E-state index contributed by atoms with van der Waals surface area (Å²) in [4.78, 5) is -0.0442. The second kappa shape index (κ2) is 7.22. The summed E-state index contributed by atoms with van der Waals surface area (Å²) in [5, 5.41) is 10.4. The molecule has 26 heavy (non-hydrogen) atoms. The Labute approximate surface area is 153 Å². The van der Waals surface area contributed by atoms with Crippen LogP contribution in [0.15, 0.2) is 82.6 Å². The van der Waals surface area contributed by atoms with Crippen LogP contribution in [0.4, 0.5) is 0 Å². The zero-order chi connectivity index (χ0) is 18.7. The zero-order valence-corrected chi connectivity index (χ0v) is 15.4. The van der Waals surface area contributed by atoms with Gasteiger partial charge in [0.1, 0.15) is 22.1 Å². The highest BCUT2D eigenvalue weighted by Crippen LogP contribution is 2.39. The van der Waals surface area contributed by atoms with E-state index in [2.05, 4.69) is 0 Å². The van der Waals surface area contributed by atoms with E-state index in [1.165, 1.54) is 24.3 Å². The minimum absolute atomic E-state index is 0.0492. The third-order valence-electron chi connectivity index (χ3n) is 4.03. The molecule has 0 aliphatic rings. The molecule has 0 saturated heterocycles. The Morgan fingerprint density at radius 1 is 0.885 bits per heavy atom. The van der Waals surface area contributed by atoms with Gasteiger partial charge in [-0.3, -0.25) is 0 Å². The normalized spacial score (nSPS) is 11.5. The molecule has 3 aromatic rings. The van der Waals surface area contributed by atoms with Gasteiger partial charge in [-0.1, -0.05) is 50.2 Å². The number of hydrogen-bond acceptors (Lipinski definition) is 4. The van der Waals surface area contributed by atoms with Gasteiger partial charge in [-0.15, -0.1) is 0 Å². The minimum Gasteiger partial charge on any atom is -0.507 e. The lowest BCUT2D eigenvalue weighted by Crippen LogP contribution is -2.04. The number of ether oxygens (including phenoxy) is 1. The Hall–Kier alpha value is -2.79. The average Bonchev–Trinajstić information content (AvgIpc) is 2.64. The van der Waals surface area contributed by atoms with Crippen molar-refractivity contribution in [1.82, 2.24) is 0 Å². The van der Waals surface area contributed by atoms with E-state index in [0.29, 0.717) is 11.5 Å². The minimum atomic E-state index is -3.86. The first-order valence-corrected chi connectivity index (χ1v) is 9.78. The number of para-hydroxylation sites is 1. The van der Waals surface area contributed by atoms with Crippen molar-refractivity contribution in [3.05, 3.63) is 78.4 Å². The Morgan fingerprint density at radius 3 is 2.04 bits per heavy atom. The van der Waals surface area contributed by atoms with Crippen LogP contribution in [0.1, 0.15) is 25.3 Å². The molecule has 0 saturated carbocycles. The second-order valence-corrected chi connectivity index (χ2v) is 8.16. The molecule has 0 aromatic heterocycles. The third kappa shape index (κ3) is 3.58. The van der Waals surface area contributed by atoms with Crippen LogP contribution in [0.2, 0.25) is 0 Å². The largest absolute Gasteiger partial charge is 0.507 e. The molecule has 134 valence electrons. The Kier molecular flexibility index (Phi) is 5.00. The van der Waals surface area contributed by atoms with Crippen LogP contribution in [0.25, 0.3) is 0 Å². The number of rotatable bonds is 5. The standard InChI is InChI=1S/C21H20O4S/c1-15(2)18-13-19(22)21(26(23,24)17-11-7-4-8-12-17)14-20(18)25-16-9-5-3-6-10-16/h3-15,22H,1-2H3. The maximum absolute atomic E-state index is 12.9. The van der Waals surface area contributed by atoms with E-state index in [1.807, 2.05) is 32.0 Å². The van der Waals surface area contributed by atoms with Gasteiger partial charge in [-0.2, -0.15) is 0 Å². The monoisotopic (exact) mass is 368 g/mol. The summed E-state index contributed by atoms with van der Waals surface area (Å²) < 4.78 is 31.8. The van der Waals surface area contributed by atoms with Gasteiger partial charge in [-0.05, 0) is 36.2 Å². The van der Waals surface area contributed by atoms with E-state index in [-0.39, 0.29) is 21.5 Å². The molecule has 0 aliphatic carbocycles. The molecule has 0 radical (unpaired) electrons. The van der Waals surface area contributed by atoms with Crippen LogP contribution in [-0.4, -0.2) is 13.5 Å². The topological polar surface area (TPSA) is 63.6 Å². The molecule has 0 spiro atoms. The molecule has 0 aliphatic heterocycles. The molecule has 0 amide bonds. The molecule has 1 N–H and O–H groups in total. The first kappa shape index (κ1) is 18.0. The van der Waals surface area contributed by atoms with Gasteiger partial charge in [0.2, 0.25) is 9.84 Å². The molecule has 3 rings (SSSR count). The fraction of sp³-hybridized carbons (Fsp3) is 0.143. The van der Waals surface area contributed by atoms with Crippen LogP contribution in [0.5, 0.6) is 17.2 Å². The van der Waals surface area contributed by atoms with E-state index in [0.717, 1.165) is 5.56 Å². The van der Waals surface area contributed by atoms with Crippen molar-refractivity contribution >= 4 is 9.84 Å². The Bertz CT molecular complexity index is 995. The average molecular weight is 368 g/mol. The third-order valence-corrected chi connectivity index (χ3v) is 5.83. The first-order chi connectivity index (χ1) is 12.4. The van der Waals surface area contributed by atoms with Gasteiger partial charge < -0.3 is 9.84 Å². The molecule has 0 fully saturated rings. The van der Waals surface area contributed by atoms with Gasteiger partial charge in [0, 0.05) is 11.6 Å². The predicted octanol–water partition coefficient (Wildman–Crippen LogP) is 5.14. The quantitative estimate of drug-likeness (QED) is 0.677. The summed E-state index contributed by atoms with van der Waals surface area (Å²) in [7, 11) is -3.86. The summed E-state index contributed by atoms with van der Waals surface area (Å²) in [6.45, 7) is 3.91. The first-order valence-electron chi connectivity index (χ1n) is 8.29. The highest BCUT2D eigenvalue weighted by molar-refractivity contribution is 7.91. The Morgan fingerprint density at radius 2 is 1.46 bits per heavy atom. The molecule has 4 nitrogen and oxygen atoms in total. The van der Waals surface area contributed by atoms with Gasteiger partial charge >= 0.3 is 0 Å². The van der Waals surface area contributed by atoms with E-state index in [9.17, 15) is 13.5 Å². The fourth-order valence-corrected chi connectivity index (χ4v) is 4.03. The second-order valence-electron chi connectivity index (χ2n) is 6.24. The lowest BCUT2D eigenvalue weighted by atomic mass is 10.0. The predicted molar refractivity (Wildman–Crippen MR) is 101 cm³/mol. The van der Waals surface area contributed by atoms with Crippen LogP contribution in [-0.2, 0) is 9.84 Å². The number of benzene rings is 3. The van der Waals surface area contributed by atoms with Gasteiger partial charge in [0.05, 0.1) is 4.90 Å². The molecule has 0 atom stereocenters. The zero-order valence-electron chi connectivity index (χ0n) is 14.6. The van der Waals surface area contributed by atoms with Gasteiger partial charge in [-0.25, -0.2) is 8.42 Å². The molecule has 0 unspecified atom stereocenters. The SMILES string of the molecule is CC(C)c1cc(O)c(S(=O)(=O)c2ccccc2)cc1Oc1ccccc1. The fourth-order valence-electron chi connectivity index (χ4n) is 2.66. The molecule has 0 bridgehead atoms. The molecular formula is C21H20O4S. The van der Waals surface area contributed by atoms with E-state index in [1.54, 1.807) is 30.3 Å². The van der Waals surface area contributed by atoms with Crippen molar-refractivity contribution < 1.29 is 18.3 Å². The number of phenolic OH excluding ortho intramolecular Hbond substituents is 1. The van der Waals surface area contributed by atoms with Crippen molar-refractivity contribution in [2.24, 2.45) is 0 Å². The van der Waals surface area contributed by atoms with Crippen molar-refractivity contribution in [2.45, 2.75) is 29.6 Å². The van der Waals surface area contributed by atoms with Crippen molar-refractivity contribution in [3.63, 3.8) is 0 Å². The Balaban J connectivity index is 2.14. The maximum atomic E-state index is 12.9. The summed E-state index contributed by atoms with van der Waals surface area (Å²) in [6.07, 6.45) is 0. The maximum Gasteiger partial charge on any atom is 0.210 e. The van der Waals surface area contributed by atoms with Gasteiger partial charge in [0.15, 0.2) is 0 Å². The summed E-state index contributed by atoms with van der Waals surface area (Å²) in [5.41, 5.74) is 0.735. The van der Waals surface area contributed by atoms with Crippen molar-refractivity contribution in [2.75, 3.05) is 0 Å². The van der Waals surface area contributed by atoms with E-state index in [4.69, 9.17) is 4.74 Å². The molecular weight excluding hydrogens is 348 g/mol. The van der Waals surface area contributed by atoms with Crippen LogP contribution < -0.4 is 4.74 Å². The highest BCUT2D eigenvalue weighted by Gasteiger charge is 2.25. The summed E-state index contributed by atoms with van der Waals surface area (Å²) in [6, 6.07) is 20.1. The molecule has 3 aromatic carbocycles. The van der Waals surface area contributed by atoms with E-state index >= 15 is 0 Å². The summed E-state index contributed by atoms with van der Waals surface area (Å²) >= 11 is 0. The lowest BCUT2D eigenvalue weighted by molar-refractivity contribution is 0.442. The highest BCUT2D eigenvalue weighted by atomic mass is 32.2. The van der Waals surface area contributed by atoms with Crippen LogP contribution in [0, 0.1) is 0 Å². The van der Waals surface area contributed by atoms with E-state index < -0.39 is 9.84 Å². The summed E-state index contributed by atoms with van der Waals surface area (Å²) in [5.74, 6) is 0.785. The number of aromatic hydroxyl groups is 1. The number of phenols is 1. The van der Waals surface area contributed by atoms with Crippen LogP contribution in [0.3, 0.4) is 0 Å².